The van der Waals surface area contributed by atoms with E-state index >= 15 is 0 Å². The van der Waals surface area contributed by atoms with Crippen molar-refractivity contribution >= 4 is 16.9 Å². The van der Waals surface area contributed by atoms with Gasteiger partial charge in [-0.3, -0.25) is 4.90 Å². The van der Waals surface area contributed by atoms with E-state index in [4.69, 9.17) is 9.47 Å². The number of methoxy groups -OCH3 is 1. The first-order valence-corrected chi connectivity index (χ1v) is 9.58. The van der Waals surface area contributed by atoms with E-state index in [1.165, 1.54) is 23.8 Å². The molecule has 0 radical (unpaired) electrons. The second kappa shape index (κ2) is 6.02. The summed E-state index contributed by atoms with van der Waals surface area (Å²) in [6.07, 6.45) is 3.55. The first-order chi connectivity index (χ1) is 13.1. The molecule has 0 bridgehead atoms. The number of benzene rings is 1. The summed E-state index contributed by atoms with van der Waals surface area (Å²) in [5, 5.41) is 11.0. The Morgan fingerprint density at radius 1 is 1.41 bits per heavy atom. The Morgan fingerprint density at radius 2 is 2.26 bits per heavy atom. The number of hydrogen-bond donors (Lipinski definition) is 2. The number of carbonyl (C=O) groups is 1. The van der Waals surface area contributed by atoms with Crippen molar-refractivity contribution < 1.29 is 19.4 Å². The summed E-state index contributed by atoms with van der Waals surface area (Å²) in [5.41, 5.74) is 4.20. The summed E-state index contributed by atoms with van der Waals surface area (Å²) in [6.45, 7) is 3.99. The summed E-state index contributed by atoms with van der Waals surface area (Å²) in [4.78, 5) is 18.4. The zero-order chi connectivity index (χ0) is 18.7. The Labute approximate surface area is 157 Å². The molecule has 1 aromatic heterocycles. The highest BCUT2D eigenvalue weighted by molar-refractivity contribution is 5.89. The quantitative estimate of drug-likeness (QED) is 0.757. The van der Waals surface area contributed by atoms with E-state index in [-0.39, 0.29) is 35.7 Å². The van der Waals surface area contributed by atoms with Crippen LogP contribution in [-0.4, -0.2) is 47.3 Å². The number of fused-ring (bicyclic) bond motifs is 6. The molecule has 1 saturated heterocycles. The van der Waals surface area contributed by atoms with Gasteiger partial charge in [-0.05, 0) is 37.5 Å². The summed E-state index contributed by atoms with van der Waals surface area (Å²) < 4.78 is 10.8. The maximum Gasteiger partial charge on any atom is 0.337 e. The average molecular weight is 368 g/mol. The summed E-state index contributed by atoms with van der Waals surface area (Å²) in [5.74, 6) is 0.405. The number of aromatic hydroxyl groups is 1. The highest BCUT2D eigenvalue weighted by atomic mass is 16.5. The van der Waals surface area contributed by atoms with Crippen LogP contribution in [-0.2, 0) is 20.7 Å². The molecule has 2 unspecified atom stereocenters. The van der Waals surface area contributed by atoms with Crippen LogP contribution in [0.4, 0.5) is 0 Å². The Morgan fingerprint density at radius 3 is 3.07 bits per heavy atom. The van der Waals surface area contributed by atoms with E-state index in [9.17, 15) is 9.90 Å². The van der Waals surface area contributed by atoms with Crippen LogP contribution >= 0.6 is 0 Å². The van der Waals surface area contributed by atoms with Crippen molar-refractivity contribution in [2.75, 3.05) is 20.2 Å². The van der Waals surface area contributed by atoms with Gasteiger partial charge >= 0.3 is 5.97 Å². The topological polar surface area (TPSA) is 74.8 Å². The number of H-pyrrole nitrogens is 1. The van der Waals surface area contributed by atoms with Crippen LogP contribution in [0.2, 0.25) is 0 Å². The van der Waals surface area contributed by atoms with Crippen molar-refractivity contribution in [1.29, 1.82) is 0 Å². The molecular weight excluding hydrogens is 344 g/mol. The van der Waals surface area contributed by atoms with Crippen molar-refractivity contribution in [3.05, 3.63) is 41.3 Å². The SMILES string of the molecule is COC(=O)C1=CO[C@@H](C)C2CN3CCc4c([nH]c5cc(O)ccc45)[C@H]3CC12. The summed E-state index contributed by atoms with van der Waals surface area (Å²) in [7, 11) is 1.42. The number of phenolic OH excluding ortho intramolecular Hbond substituents is 1. The van der Waals surface area contributed by atoms with E-state index in [0.29, 0.717) is 5.57 Å². The van der Waals surface area contributed by atoms with Gasteiger partial charge in [-0.1, -0.05) is 0 Å². The predicted octanol–water partition coefficient (Wildman–Crippen LogP) is 2.88. The highest BCUT2D eigenvalue weighted by Gasteiger charge is 2.46. The fourth-order valence-electron chi connectivity index (χ4n) is 5.23. The number of ether oxygens (including phenoxy) is 2. The number of hydrogen-bond acceptors (Lipinski definition) is 5. The molecule has 1 fully saturated rings. The number of aromatic nitrogens is 1. The van der Waals surface area contributed by atoms with Crippen LogP contribution in [0.3, 0.4) is 0 Å². The molecule has 5 rings (SSSR count). The molecule has 1 aromatic carbocycles. The number of esters is 1. The van der Waals surface area contributed by atoms with Crippen LogP contribution in [0.5, 0.6) is 5.75 Å². The molecule has 142 valence electrons. The van der Waals surface area contributed by atoms with Crippen LogP contribution in [0.15, 0.2) is 30.0 Å². The fourth-order valence-corrected chi connectivity index (χ4v) is 5.23. The molecule has 4 atom stereocenters. The molecule has 2 N–H and O–H groups in total. The lowest BCUT2D eigenvalue weighted by atomic mass is 9.72. The normalized spacial score (nSPS) is 29.9. The van der Waals surface area contributed by atoms with Crippen molar-refractivity contribution in [1.82, 2.24) is 9.88 Å². The molecule has 6 nitrogen and oxygen atoms in total. The number of rotatable bonds is 1. The number of piperidine rings is 1. The van der Waals surface area contributed by atoms with Crippen LogP contribution in [0, 0.1) is 11.8 Å². The van der Waals surface area contributed by atoms with Gasteiger partial charge in [0.2, 0.25) is 0 Å². The number of phenols is 1. The van der Waals surface area contributed by atoms with Crippen molar-refractivity contribution in [3.63, 3.8) is 0 Å². The van der Waals surface area contributed by atoms with Gasteiger partial charge in [-0.25, -0.2) is 4.79 Å². The van der Waals surface area contributed by atoms with Gasteiger partial charge in [-0.2, -0.15) is 0 Å². The highest BCUT2D eigenvalue weighted by Crippen LogP contribution is 2.47. The molecule has 0 spiro atoms. The molecule has 27 heavy (non-hydrogen) atoms. The zero-order valence-electron chi connectivity index (χ0n) is 15.6. The van der Waals surface area contributed by atoms with Crippen molar-refractivity contribution in [2.24, 2.45) is 11.8 Å². The lowest BCUT2D eigenvalue weighted by Gasteiger charge is -2.49. The third-order valence-electron chi connectivity index (χ3n) is 6.62. The molecule has 0 saturated carbocycles. The Hall–Kier alpha value is -2.47. The fraction of sp³-hybridized carbons (Fsp3) is 0.476. The van der Waals surface area contributed by atoms with Gasteiger partial charge in [0.05, 0.1) is 31.1 Å². The number of aromatic amines is 1. The molecular formula is C21H24N2O4. The summed E-state index contributed by atoms with van der Waals surface area (Å²) in [6, 6.07) is 5.78. The van der Waals surface area contributed by atoms with E-state index in [2.05, 4.69) is 16.8 Å². The maximum absolute atomic E-state index is 12.3. The first kappa shape index (κ1) is 16.7. The standard InChI is InChI=1S/C21H24N2O4/c1-11-16-9-23-6-5-14-13-4-3-12(24)7-18(13)22-20(14)19(23)8-15(16)17(10-27-11)21(25)26-2/h3-4,7,10-11,15-16,19,22,24H,5-6,8-9H2,1-2H3/t11-,15?,16?,19+/m0/s1. The van der Waals surface area contributed by atoms with Gasteiger partial charge in [0.15, 0.2) is 0 Å². The van der Waals surface area contributed by atoms with Gasteiger partial charge in [-0.15, -0.1) is 0 Å². The largest absolute Gasteiger partial charge is 0.508 e. The monoisotopic (exact) mass is 368 g/mol. The smallest absolute Gasteiger partial charge is 0.337 e. The second-order valence-corrected chi connectivity index (χ2v) is 7.92. The minimum atomic E-state index is -0.289. The Bertz CT molecular complexity index is 947. The lowest BCUT2D eigenvalue weighted by molar-refractivity contribution is -0.139. The van der Waals surface area contributed by atoms with Crippen molar-refractivity contribution in [3.8, 4) is 5.75 Å². The second-order valence-electron chi connectivity index (χ2n) is 7.92. The van der Waals surface area contributed by atoms with E-state index in [0.717, 1.165) is 31.4 Å². The third kappa shape index (κ3) is 2.46. The minimum absolute atomic E-state index is 0.0883. The maximum atomic E-state index is 12.3. The number of nitrogens with zero attached hydrogens (tertiary/aromatic N) is 1. The molecule has 2 aromatic rings. The summed E-state index contributed by atoms with van der Waals surface area (Å²) >= 11 is 0. The van der Waals surface area contributed by atoms with Crippen LogP contribution < -0.4 is 0 Å². The number of carbonyl (C=O) groups excluding carboxylic acids is 1. The first-order valence-electron chi connectivity index (χ1n) is 9.58. The molecule has 4 heterocycles. The van der Waals surface area contributed by atoms with E-state index in [1.807, 2.05) is 6.07 Å². The predicted molar refractivity (Wildman–Crippen MR) is 100 cm³/mol. The Balaban J connectivity index is 1.55. The molecule has 6 heteroatoms. The molecule has 0 amide bonds. The Kier molecular flexibility index (Phi) is 3.72. The van der Waals surface area contributed by atoms with E-state index < -0.39 is 0 Å². The third-order valence-corrected chi connectivity index (χ3v) is 6.62. The average Bonchev–Trinajstić information content (AvgIpc) is 3.04. The molecule has 3 aliphatic heterocycles. The number of nitrogens with one attached hydrogen (secondary N) is 1. The van der Waals surface area contributed by atoms with Crippen molar-refractivity contribution in [2.45, 2.75) is 31.9 Å². The zero-order valence-corrected chi connectivity index (χ0v) is 15.6. The van der Waals surface area contributed by atoms with Gasteiger partial charge in [0.25, 0.3) is 0 Å². The van der Waals surface area contributed by atoms with Gasteiger partial charge in [0.1, 0.15) is 5.75 Å². The lowest BCUT2D eigenvalue weighted by Crippen LogP contribution is -2.51. The molecule has 0 aliphatic carbocycles. The minimum Gasteiger partial charge on any atom is -0.508 e. The van der Waals surface area contributed by atoms with Gasteiger partial charge < -0.3 is 19.6 Å². The molecule has 3 aliphatic rings. The van der Waals surface area contributed by atoms with E-state index in [1.54, 1.807) is 18.4 Å². The van der Waals surface area contributed by atoms with Crippen LogP contribution in [0.25, 0.3) is 10.9 Å². The van der Waals surface area contributed by atoms with Crippen LogP contribution in [0.1, 0.15) is 30.6 Å². The van der Waals surface area contributed by atoms with Gasteiger partial charge in [0, 0.05) is 47.6 Å².